The molecule has 5 rings (SSSR count). The zero-order valence-corrected chi connectivity index (χ0v) is 20.7. The first kappa shape index (κ1) is 23.6. The summed E-state index contributed by atoms with van der Waals surface area (Å²) in [5, 5.41) is 9.19. The van der Waals surface area contributed by atoms with Crippen molar-refractivity contribution in [1.82, 2.24) is 4.90 Å². The van der Waals surface area contributed by atoms with Crippen LogP contribution >= 0.6 is 15.9 Å². The van der Waals surface area contributed by atoms with Gasteiger partial charge in [-0.05, 0) is 52.8 Å². The van der Waals surface area contributed by atoms with Gasteiger partial charge in [-0.15, -0.1) is 0 Å². The van der Waals surface area contributed by atoms with E-state index in [1.165, 1.54) is 22.3 Å². The van der Waals surface area contributed by atoms with Crippen molar-refractivity contribution >= 4 is 28.0 Å². The van der Waals surface area contributed by atoms with Gasteiger partial charge in [0.2, 0.25) is 0 Å². The Morgan fingerprint density at radius 3 is 2.17 bits per heavy atom. The van der Waals surface area contributed by atoms with Crippen LogP contribution in [0.1, 0.15) is 35.4 Å². The van der Waals surface area contributed by atoms with Crippen molar-refractivity contribution in [2.75, 3.05) is 26.3 Å². The Bertz CT molecular complexity index is 1210. The molecule has 1 heterocycles. The summed E-state index contributed by atoms with van der Waals surface area (Å²) in [5.41, 5.74) is 4.88. The van der Waals surface area contributed by atoms with E-state index in [2.05, 4.69) is 40.2 Å². The Balaban J connectivity index is 1.26. The number of carboxylic acids is 1. The van der Waals surface area contributed by atoms with Crippen molar-refractivity contribution in [2.24, 2.45) is 0 Å². The summed E-state index contributed by atoms with van der Waals surface area (Å²) in [7, 11) is 0. The first-order chi connectivity index (χ1) is 17.0. The highest BCUT2D eigenvalue weighted by molar-refractivity contribution is 9.10. The third-order valence-corrected chi connectivity index (χ3v) is 7.48. The summed E-state index contributed by atoms with van der Waals surface area (Å²) in [4.78, 5) is 25.9. The molecule has 1 saturated heterocycles. The number of fused-ring (bicyclic) bond motifs is 3. The second-order valence-corrected chi connectivity index (χ2v) is 9.89. The lowest BCUT2D eigenvalue weighted by Crippen LogP contribution is -2.47. The van der Waals surface area contributed by atoms with Crippen LogP contribution in [0.25, 0.3) is 11.1 Å². The highest BCUT2D eigenvalue weighted by Crippen LogP contribution is 2.44. The number of ether oxygens (including phenoxy) is 2. The van der Waals surface area contributed by atoms with E-state index in [1.54, 1.807) is 4.90 Å². The molecular weight excluding hydrogens is 510 g/mol. The Morgan fingerprint density at radius 2 is 1.57 bits per heavy atom. The van der Waals surface area contributed by atoms with Gasteiger partial charge in [0.1, 0.15) is 13.2 Å². The second-order valence-electron chi connectivity index (χ2n) is 8.98. The molecule has 3 aromatic rings. The minimum atomic E-state index is -1.02. The quantitative estimate of drug-likeness (QED) is 0.432. The number of benzene rings is 3. The number of nitrogens with zero attached hydrogens (tertiary/aromatic N) is 1. The van der Waals surface area contributed by atoms with Crippen LogP contribution in [0.3, 0.4) is 0 Å². The number of halogens is 1. The monoisotopic (exact) mass is 535 g/mol. The van der Waals surface area contributed by atoms with Gasteiger partial charge in [0.05, 0.1) is 5.60 Å². The molecule has 0 unspecified atom stereocenters. The molecule has 0 saturated carbocycles. The normalized spacial score (nSPS) is 16.4. The van der Waals surface area contributed by atoms with Crippen LogP contribution in [0.2, 0.25) is 0 Å². The maximum absolute atomic E-state index is 13.0. The molecule has 0 radical (unpaired) electrons. The smallest absolute Gasteiger partial charge is 0.409 e. The van der Waals surface area contributed by atoms with Gasteiger partial charge < -0.3 is 19.5 Å². The van der Waals surface area contributed by atoms with Gasteiger partial charge >= 0.3 is 12.1 Å². The Kier molecular flexibility index (Phi) is 6.62. The van der Waals surface area contributed by atoms with E-state index in [1.807, 2.05) is 48.5 Å². The Morgan fingerprint density at radius 1 is 0.943 bits per heavy atom. The summed E-state index contributed by atoms with van der Waals surface area (Å²) in [6.45, 7) is 0.721. The maximum atomic E-state index is 13.0. The second kappa shape index (κ2) is 9.84. The van der Waals surface area contributed by atoms with Crippen LogP contribution in [-0.4, -0.2) is 48.4 Å². The van der Waals surface area contributed by atoms with E-state index in [0.29, 0.717) is 25.9 Å². The van der Waals surface area contributed by atoms with Crippen molar-refractivity contribution in [3.8, 4) is 11.1 Å². The molecular formula is C28H26BrNO5. The fourth-order valence-electron chi connectivity index (χ4n) is 5.22. The van der Waals surface area contributed by atoms with Gasteiger partial charge in [-0.25, -0.2) is 9.59 Å². The summed E-state index contributed by atoms with van der Waals surface area (Å²) in [6.07, 6.45) is 0.620. The largest absolute Gasteiger partial charge is 0.480 e. The van der Waals surface area contributed by atoms with Crippen LogP contribution in [0, 0.1) is 0 Å². The number of carbonyl (C=O) groups excluding carboxylic acids is 1. The molecule has 7 heteroatoms. The molecule has 1 aliphatic heterocycles. The van der Waals surface area contributed by atoms with Crippen molar-refractivity contribution in [2.45, 2.75) is 24.4 Å². The van der Waals surface area contributed by atoms with Crippen molar-refractivity contribution in [3.05, 3.63) is 94.0 Å². The SMILES string of the molecule is O=C(O)COC1(c2cccc(Br)c2)CCN(C(=O)OCC2c3ccccc3-c3ccccc32)CC1. The predicted molar refractivity (Wildman–Crippen MR) is 135 cm³/mol. The molecule has 35 heavy (non-hydrogen) atoms. The van der Waals surface area contributed by atoms with Gasteiger partial charge in [-0.1, -0.05) is 76.6 Å². The molecule has 1 aliphatic carbocycles. The fraction of sp³-hybridized carbons (Fsp3) is 0.286. The minimum absolute atomic E-state index is 0.0100. The lowest BCUT2D eigenvalue weighted by Gasteiger charge is -2.41. The number of carbonyl (C=O) groups is 2. The molecule has 1 amide bonds. The number of hydrogen-bond acceptors (Lipinski definition) is 4. The van der Waals surface area contributed by atoms with Gasteiger partial charge in [-0.3, -0.25) is 0 Å². The zero-order valence-electron chi connectivity index (χ0n) is 19.2. The molecule has 1 N–H and O–H groups in total. The highest BCUT2D eigenvalue weighted by atomic mass is 79.9. The third-order valence-electron chi connectivity index (χ3n) is 6.99. The number of likely N-dealkylation sites (tertiary alicyclic amines) is 1. The minimum Gasteiger partial charge on any atom is -0.480 e. The van der Waals surface area contributed by atoms with Crippen LogP contribution in [-0.2, 0) is 19.9 Å². The average molecular weight is 536 g/mol. The third kappa shape index (κ3) is 4.70. The van der Waals surface area contributed by atoms with E-state index < -0.39 is 18.2 Å². The number of aliphatic carboxylic acids is 1. The van der Waals surface area contributed by atoms with Crippen LogP contribution in [0.4, 0.5) is 4.79 Å². The van der Waals surface area contributed by atoms with Crippen molar-refractivity contribution in [3.63, 3.8) is 0 Å². The summed E-state index contributed by atoms with van der Waals surface area (Å²) >= 11 is 3.49. The predicted octanol–water partition coefficient (Wildman–Crippen LogP) is 5.79. The summed E-state index contributed by atoms with van der Waals surface area (Å²) in [5.74, 6) is -1.01. The van der Waals surface area contributed by atoms with Crippen LogP contribution in [0.5, 0.6) is 0 Å². The van der Waals surface area contributed by atoms with Gasteiger partial charge in [0.15, 0.2) is 0 Å². The number of piperidine rings is 1. The standard InChI is InChI=1S/C28H26BrNO5/c29-20-7-5-6-19(16-20)28(35-18-26(31)32)12-14-30(15-13-28)27(33)34-17-25-23-10-3-1-8-21(23)22-9-2-4-11-24(22)25/h1-11,16,25H,12-15,17-18H2,(H,31,32). The summed E-state index contributed by atoms with van der Waals surface area (Å²) in [6, 6.07) is 24.2. The molecule has 3 aromatic carbocycles. The van der Waals surface area contributed by atoms with Crippen LogP contribution < -0.4 is 0 Å². The summed E-state index contributed by atoms with van der Waals surface area (Å²) < 4.78 is 12.6. The van der Waals surface area contributed by atoms with E-state index in [4.69, 9.17) is 9.47 Å². The number of hydrogen-bond donors (Lipinski definition) is 1. The molecule has 0 spiro atoms. The van der Waals surface area contributed by atoms with E-state index in [9.17, 15) is 14.7 Å². The van der Waals surface area contributed by atoms with E-state index >= 15 is 0 Å². The number of carboxylic acid groups (broad SMARTS) is 1. The number of rotatable bonds is 6. The molecule has 180 valence electrons. The first-order valence-electron chi connectivity index (χ1n) is 11.7. The Hall–Kier alpha value is -3.16. The van der Waals surface area contributed by atoms with E-state index in [0.717, 1.165) is 10.0 Å². The molecule has 0 aromatic heterocycles. The Labute approximate surface area is 212 Å². The van der Waals surface area contributed by atoms with E-state index in [-0.39, 0.29) is 18.6 Å². The number of amides is 1. The molecule has 2 aliphatic rings. The maximum Gasteiger partial charge on any atom is 0.409 e. The van der Waals surface area contributed by atoms with Crippen LogP contribution in [0.15, 0.2) is 77.3 Å². The van der Waals surface area contributed by atoms with Gasteiger partial charge in [0, 0.05) is 23.5 Å². The highest BCUT2D eigenvalue weighted by Gasteiger charge is 2.40. The fourth-order valence-corrected chi connectivity index (χ4v) is 5.62. The molecule has 0 bridgehead atoms. The first-order valence-corrected chi connectivity index (χ1v) is 12.5. The molecule has 6 nitrogen and oxygen atoms in total. The molecule has 0 atom stereocenters. The van der Waals surface area contributed by atoms with Gasteiger partial charge in [-0.2, -0.15) is 0 Å². The topological polar surface area (TPSA) is 76.1 Å². The van der Waals surface area contributed by atoms with Crippen molar-refractivity contribution in [1.29, 1.82) is 0 Å². The van der Waals surface area contributed by atoms with Gasteiger partial charge in [0.25, 0.3) is 0 Å². The zero-order chi connectivity index (χ0) is 24.4. The van der Waals surface area contributed by atoms with Crippen molar-refractivity contribution < 1.29 is 24.2 Å². The lowest BCUT2D eigenvalue weighted by atomic mass is 9.84. The lowest BCUT2D eigenvalue weighted by molar-refractivity contribution is -0.154. The average Bonchev–Trinajstić information content (AvgIpc) is 3.20. The molecule has 1 fully saturated rings.